The van der Waals surface area contributed by atoms with E-state index in [4.69, 9.17) is 4.74 Å². The van der Waals surface area contributed by atoms with Crippen molar-refractivity contribution in [2.45, 2.75) is 69.2 Å². The lowest BCUT2D eigenvalue weighted by atomic mass is 9.50. The molecular formula is C16H24O5. The van der Waals surface area contributed by atoms with Gasteiger partial charge in [-0.25, -0.2) is 4.79 Å². The molecule has 5 nitrogen and oxygen atoms in total. The first kappa shape index (κ1) is 14.9. The summed E-state index contributed by atoms with van der Waals surface area (Å²) in [4.78, 5) is 12.3. The molecule has 4 fully saturated rings. The van der Waals surface area contributed by atoms with Crippen molar-refractivity contribution in [3.05, 3.63) is 11.8 Å². The molecule has 4 saturated carbocycles. The number of aliphatic hydroxyl groups excluding tert-OH is 1. The summed E-state index contributed by atoms with van der Waals surface area (Å²) >= 11 is 0. The number of hydrogen-bond donors (Lipinski definition) is 3. The SMILES string of the molecule is CC(C)/C(=C/O)C(=O)OC12CC3CC(O)(CC(O)(C3)C1)C2. The molecular weight excluding hydrogens is 272 g/mol. The number of hydrogen-bond acceptors (Lipinski definition) is 5. The number of carbonyl (C=O) groups excluding carboxylic acids is 1. The summed E-state index contributed by atoms with van der Waals surface area (Å²) < 4.78 is 5.71. The van der Waals surface area contributed by atoms with E-state index in [2.05, 4.69) is 0 Å². The molecule has 4 rings (SSSR count). The van der Waals surface area contributed by atoms with Crippen LogP contribution in [0.1, 0.15) is 52.4 Å². The number of aliphatic hydroxyl groups is 3. The average molecular weight is 296 g/mol. The van der Waals surface area contributed by atoms with Crippen molar-refractivity contribution >= 4 is 5.97 Å². The molecule has 0 saturated heterocycles. The highest BCUT2D eigenvalue weighted by molar-refractivity contribution is 5.88. The van der Waals surface area contributed by atoms with Gasteiger partial charge in [-0.3, -0.25) is 0 Å². The summed E-state index contributed by atoms with van der Waals surface area (Å²) in [5, 5.41) is 30.5. The third-order valence-electron chi connectivity index (χ3n) is 5.26. The Balaban J connectivity index is 1.84. The van der Waals surface area contributed by atoms with Gasteiger partial charge in [0, 0.05) is 19.3 Å². The topological polar surface area (TPSA) is 87.0 Å². The quantitative estimate of drug-likeness (QED) is 0.420. The van der Waals surface area contributed by atoms with Gasteiger partial charge in [0.2, 0.25) is 0 Å². The van der Waals surface area contributed by atoms with Crippen molar-refractivity contribution in [3.63, 3.8) is 0 Å². The Morgan fingerprint density at radius 1 is 1.14 bits per heavy atom. The summed E-state index contributed by atoms with van der Waals surface area (Å²) in [6.07, 6.45) is 4.02. The van der Waals surface area contributed by atoms with Crippen molar-refractivity contribution in [1.29, 1.82) is 0 Å². The van der Waals surface area contributed by atoms with Gasteiger partial charge in [0.1, 0.15) is 5.60 Å². The minimum Gasteiger partial charge on any atom is -0.515 e. The molecule has 0 radical (unpaired) electrons. The van der Waals surface area contributed by atoms with E-state index in [1.807, 2.05) is 13.8 Å². The number of carbonyl (C=O) groups is 1. The lowest BCUT2D eigenvalue weighted by Crippen LogP contribution is -2.67. The van der Waals surface area contributed by atoms with Crippen LogP contribution in [0, 0.1) is 11.8 Å². The van der Waals surface area contributed by atoms with Crippen LogP contribution in [0.2, 0.25) is 0 Å². The molecule has 3 N–H and O–H groups in total. The van der Waals surface area contributed by atoms with Gasteiger partial charge in [-0.15, -0.1) is 0 Å². The van der Waals surface area contributed by atoms with E-state index >= 15 is 0 Å². The van der Waals surface area contributed by atoms with Crippen molar-refractivity contribution < 1.29 is 24.9 Å². The largest absolute Gasteiger partial charge is 0.515 e. The Hall–Kier alpha value is -1.07. The van der Waals surface area contributed by atoms with Crippen LogP contribution >= 0.6 is 0 Å². The van der Waals surface area contributed by atoms with Crippen LogP contribution in [0.3, 0.4) is 0 Å². The lowest BCUT2D eigenvalue weighted by molar-refractivity contribution is -0.260. The Bertz CT molecular complexity index is 477. The molecule has 4 bridgehead atoms. The maximum absolute atomic E-state index is 12.3. The van der Waals surface area contributed by atoms with Gasteiger partial charge in [-0.1, -0.05) is 13.8 Å². The van der Waals surface area contributed by atoms with E-state index in [0.29, 0.717) is 38.5 Å². The van der Waals surface area contributed by atoms with Gasteiger partial charge in [-0.2, -0.15) is 0 Å². The monoisotopic (exact) mass is 296 g/mol. The molecule has 0 aromatic heterocycles. The third kappa shape index (κ3) is 2.46. The van der Waals surface area contributed by atoms with Crippen LogP contribution in [0.4, 0.5) is 0 Å². The number of rotatable bonds is 3. The normalized spacial score (nSPS) is 45.2. The van der Waals surface area contributed by atoms with Gasteiger partial charge in [0.25, 0.3) is 0 Å². The van der Waals surface area contributed by atoms with Crippen LogP contribution in [-0.2, 0) is 9.53 Å². The summed E-state index contributed by atoms with van der Waals surface area (Å²) in [6, 6.07) is 0. The van der Waals surface area contributed by atoms with Gasteiger partial charge in [0.15, 0.2) is 0 Å². The van der Waals surface area contributed by atoms with Gasteiger partial charge >= 0.3 is 5.97 Å². The predicted molar refractivity (Wildman–Crippen MR) is 75.5 cm³/mol. The highest BCUT2D eigenvalue weighted by atomic mass is 16.6. The molecule has 0 amide bonds. The maximum atomic E-state index is 12.3. The van der Waals surface area contributed by atoms with Crippen LogP contribution in [-0.4, -0.2) is 38.1 Å². The Labute approximate surface area is 124 Å². The van der Waals surface area contributed by atoms with E-state index in [9.17, 15) is 20.1 Å². The van der Waals surface area contributed by atoms with Gasteiger partial charge in [0.05, 0.1) is 23.0 Å². The first-order chi connectivity index (χ1) is 9.68. The van der Waals surface area contributed by atoms with Gasteiger partial charge < -0.3 is 20.1 Å². The smallest absolute Gasteiger partial charge is 0.337 e. The predicted octanol–water partition coefficient (Wildman–Crippen LogP) is 1.83. The summed E-state index contributed by atoms with van der Waals surface area (Å²) in [5.41, 5.74) is -2.40. The Kier molecular flexibility index (Phi) is 3.16. The zero-order chi connectivity index (χ0) is 15.5. The molecule has 0 aromatic rings. The van der Waals surface area contributed by atoms with E-state index in [-0.39, 0.29) is 17.4 Å². The number of esters is 1. The molecule has 0 aromatic carbocycles. The molecule has 4 aliphatic carbocycles. The lowest BCUT2D eigenvalue weighted by Gasteiger charge is -2.62. The van der Waals surface area contributed by atoms with E-state index in [1.165, 1.54) is 0 Å². The fourth-order valence-corrected chi connectivity index (χ4v) is 5.06. The van der Waals surface area contributed by atoms with Crippen LogP contribution in [0.5, 0.6) is 0 Å². The fourth-order valence-electron chi connectivity index (χ4n) is 5.06. The second kappa shape index (κ2) is 4.46. The van der Waals surface area contributed by atoms with Crippen molar-refractivity contribution in [3.8, 4) is 0 Å². The first-order valence-corrected chi connectivity index (χ1v) is 7.71. The Morgan fingerprint density at radius 2 is 1.71 bits per heavy atom. The standard InChI is InChI=1S/C16H24O5/c1-10(2)12(6-17)13(18)21-16-5-11-3-14(19,8-16)7-15(20,4-11)9-16/h6,10-11,17,19-20H,3-5,7-9H2,1-2H3/b12-6-. The molecule has 4 aliphatic rings. The van der Waals surface area contributed by atoms with Crippen molar-refractivity contribution in [2.24, 2.45) is 11.8 Å². The highest BCUT2D eigenvalue weighted by Crippen LogP contribution is 2.60. The summed E-state index contributed by atoms with van der Waals surface area (Å²) in [7, 11) is 0. The molecule has 0 aliphatic heterocycles. The molecule has 118 valence electrons. The summed E-state index contributed by atoms with van der Waals surface area (Å²) in [5.74, 6) is -0.478. The average Bonchev–Trinajstić information content (AvgIpc) is 2.22. The Morgan fingerprint density at radius 3 is 2.14 bits per heavy atom. The van der Waals surface area contributed by atoms with E-state index in [1.54, 1.807) is 0 Å². The van der Waals surface area contributed by atoms with Crippen molar-refractivity contribution in [2.75, 3.05) is 0 Å². The minimum absolute atomic E-state index is 0.136. The van der Waals surface area contributed by atoms with E-state index < -0.39 is 22.8 Å². The van der Waals surface area contributed by atoms with E-state index in [0.717, 1.165) is 6.26 Å². The molecule has 2 atom stereocenters. The summed E-state index contributed by atoms with van der Waals surface area (Å²) in [6.45, 7) is 3.62. The second-order valence-electron chi connectivity index (χ2n) is 7.77. The fraction of sp³-hybridized carbons (Fsp3) is 0.812. The van der Waals surface area contributed by atoms with Crippen LogP contribution in [0.25, 0.3) is 0 Å². The molecule has 2 unspecified atom stereocenters. The molecule has 0 spiro atoms. The van der Waals surface area contributed by atoms with Crippen LogP contribution < -0.4 is 0 Å². The zero-order valence-corrected chi connectivity index (χ0v) is 12.6. The second-order valence-corrected chi connectivity index (χ2v) is 7.77. The van der Waals surface area contributed by atoms with Crippen molar-refractivity contribution in [1.82, 2.24) is 0 Å². The maximum Gasteiger partial charge on any atom is 0.337 e. The minimum atomic E-state index is -0.921. The third-order valence-corrected chi connectivity index (χ3v) is 5.26. The highest BCUT2D eigenvalue weighted by Gasteiger charge is 2.64. The molecule has 5 heteroatoms. The number of ether oxygens (including phenoxy) is 1. The first-order valence-electron chi connectivity index (χ1n) is 7.71. The van der Waals surface area contributed by atoms with Gasteiger partial charge in [-0.05, 0) is 31.1 Å². The zero-order valence-electron chi connectivity index (χ0n) is 12.6. The van der Waals surface area contributed by atoms with Crippen LogP contribution in [0.15, 0.2) is 11.8 Å². The molecule has 0 heterocycles. The molecule has 21 heavy (non-hydrogen) atoms.